The van der Waals surface area contributed by atoms with E-state index in [0.29, 0.717) is 52.1 Å². The zero-order valence-corrected chi connectivity index (χ0v) is 12.0. The van der Waals surface area contributed by atoms with E-state index in [4.69, 9.17) is 32.8 Å². The molecule has 0 aromatic rings. The molecule has 4 radical (unpaired) electrons. The molecular weight excluding hydrogens is 276 g/mol. The van der Waals surface area contributed by atoms with E-state index in [2.05, 4.69) is 0 Å². The summed E-state index contributed by atoms with van der Waals surface area (Å²) in [4.78, 5) is 24.5. The summed E-state index contributed by atoms with van der Waals surface area (Å²) < 4.78 is 20.7. The van der Waals surface area contributed by atoms with Crippen molar-refractivity contribution in [3.63, 3.8) is 0 Å². The van der Waals surface area contributed by atoms with Gasteiger partial charge in [-0.25, -0.2) is 4.79 Å². The normalized spacial score (nSPS) is 24.3. The second-order valence-corrected chi connectivity index (χ2v) is 5.36. The average Bonchev–Trinajstić information content (AvgIpc) is 2.49. The third-order valence-electron chi connectivity index (χ3n) is 4.01. The summed E-state index contributed by atoms with van der Waals surface area (Å²) >= 11 is 0. The Bertz CT molecular complexity index is 374. The lowest BCUT2D eigenvalue weighted by atomic mass is 9.82. The molecule has 0 spiro atoms. The second kappa shape index (κ2) is 6.85. The second-order valence-electron chi connectivity index (χ2n) is 5.36. The van der Waals surface area contributed by atoms with Crippen LogP contribution in [0.2, 0.25) is 0 Å². The molecule has 0 atom stereocenters. The summed E-state index contributed by atoms with van der Waals surface area (Å²) in [5, 5.41) is 0. The van der Waals surface area contributed by atoms with Crippen LogP contribution in [-0.4, -0.2) is 50.6 Å². The minimum atomic E-state index is -1.22. The van der Waals surface area contributed by atoms with Gasteiger partial charge in [-0.3, -0.25) is 4.79 Å². The van der Waals surface area contributed by atoms with E-state index < -0.39 is 23.0 Å². The maximum Gasteiger partial charge on any atom is 0.346 e. The number of hydrogen-bond donors (Lipinski definition) is 0. The largest absolute Gasteiger partial charge is 0.391 e. The molecule has 0 bridgehead atoms. The first-order valence-electron chi connectivity index (χ1n) is 7.08. The number of esters is 2. The summed E-state index contributed by atoms with van der Waals surface area (Å²) in [6.07, 6.45) is 1.26. The standard InChI is InChI=1S/C15H20O6/c1-3-20-15(6-10-19-11-7-15)13(17)21-12(16)14(2)4-8-18-9-5-14/h1-2H,3-11H2. The van der Waals surface area contributed by atoms with E-state index in [1.165, 1.54) is 0 Å². The first kappa shape index (κ1) is 16.4. The van der Waals surface area contributed by atoms with Crippen molar-refractivity contribution in [2.45, 2.75) is 31.3 Å². The van der Waals surface area contributed by atoms with Crippen LogP contribution in [0.5, 0.6) is 0 Å². The van der Waals surface area contributed by atoms with Gasteiger partial charge in [-0.2, -0.15) is 0 Å². The molecule has 2 saturated heterocycles. The van der Waals surface area contributed by atoms with Crippen LogP contribution in [0.1, 0.15) is 25.7 Å². The molecule has 21 heavy (non-hydrogen) atoms. The van der Waals surface area contributed by atoms with Gasteiger partial charge in [0.1, 0.15) is 0 Å². The Morgan fingerprint density at radius 2 is 1.48 bits per heavy atom. The van der Waals surface area contributed by atoms with Crippen LogP contribution in [0, 0.1) is 19.3 Å². The van der Waals surface area contributed by atoms with E-state index in [1.807, 2.05) is 0 Å². The van der Waals surface area contributed by atoms with Gasteiger partial charge in [0.2, 0.25) is 0 Å². The predicted octanol–water partition coefficient (Wildman–Crippen LogP) is 0.841. The first-order chi connectivity index (χ1) is 10.0. The first-order valence-corrected chi connectivity index (χ1v) is 7.08. The molecule has 2 aliphatic heterocycles. The van der Waals surface area contributed by atoms with Crippen molar-refractivity contribution in [1.29, 1.82) is 0 Å². The summed E-state index contributed by atoms with van der Waals surface area (Å²) in [6.45, 7) is 12.7. The summed E-state index contributed by atoms with van der Waals surface area (Å²) in [5.74, 6) is -1.47. The molecular formula is C15H20O6. The van der Waals surface area contributed by atoms with E-state index in [1.54, 1.807) is 0 Å². The van der Waals surface area contributed by atoms with Crippen molar-refractivity contribution in [1.82, 2.24) is 0 Å². The van der Waals surface area contributed by atoms with Crippen molar-refractivity contribution in [2.75, 3.05) is 33.0 Å². The fourth-order valence-electron chi connectivity index (χ4n) is 2.49. The van der Waals surface area contributed by atoms with Crippen molar-refractivity contribution < 1.29 is 28.5 Å². The lowest BCUT2D eigenvalue weighted by Gasteiger charge is -2.36. The number of carbonyl (C=O) groups is 2. The van der Waals surface area contributed by atoms with Gasteiger partial charge in [-0.05, 0) is 26.7 Å². The monoisotopic (exact) mass is 296 g/mol. The summed E-state index contributed by atoms with van der Waals surface area (Å²) in [5.41, 5.74) is -2.40. The predicted molar refractivity (Wildman–Crippen MR) is 70.9 cm³/mol. The van der Waals surface area contributed by atoms with Gasteiger partial charge in [0.25, 0.3) is 0 Å². The van der Waals surface area contributed by atoms with Gasteiger partial charge in [0, 0.05) is 39.3 Å². The van der Waals surface area contributed by atoms with Crippen LogP contribution in [0.15, 0.2) is 0 Å². The highest BCUT2D eigenvalue weighted by Crippen LogP contribution is 2.33. The topological polar surface area (TPSA) is 71.1 Å². The van der Waals surface area contributed by atoms with Gasteiger partial charge >= 0.3 is 11.9 Å². The van der Waals surface area contributed by atoms with Crippen LogP contribution in [0.3, 0.4) is 0 Å². The van der Waals surface area contributed by atoms with Gasteiger partial charge < -0.3 is 18.9 Å². The molecule has 0 saturated carbocycles. The van der Waals surface area contributed by atoms with Crippen molar-refractivity contribution in [2.24, 2.45) is 5.41 Å². The van der Waals surface area contributed by atoms with Crippen LogP contribution in [0.4, 0.5) is 0 Å². The Kier molecular flexibility index (Phi) is 5.35. The summed E-state index contributed by atoms with van der Waals surface area (Å²) in [7, 11) is 0. The van der Waals surface area contributed by atoms with Crippen molar-refractivity contribution in [3.05, 3.63) is 13.8 Å². The zero-order valence-electron chi connectivity index (χ0n) is 12.0. The molecule has 0 N–H and O–H groups in total. The third kappa shape index (κ3) is 3.62. The maximum atomic E-state index is 12.3. The number of ether oxygens (including phenoxy) is 4. The molecule has 6 heteroatoms. The van der Waals surface area contributed by atoms with E-state index in [-0.39, 0.29) is 6.61 Å². The molecule has 0 aromatic heterocycles. The van der Waals surface area contributed by atoms with E-state index >= 15 is 0 Å². The Morgan fingerprint density at radius 1 is 0.952 bits per heavy atom. The Balaban J connectivity index is 2.02. The number of carbonyl (C=O) groups excluding carboxylic acids is 2. The average molecular weight is 296 g/mol. The molecule has 2 rings (SSSR count). The fourth-order valence-corrected chi connectivity index (χ4v) is 2.49. The van der Waals surface area contributed by atoms with Crippen LogP contribution in [0.25, 0.3) is 0 Å². The molecule has 2 fully saturated rings. The Hall–Kier alpha value is -0.980. The van der Waals surface area contributed by atoms with Crippen molar-refractivity contribution >= 4 is 11.9 Å². The zero-order chi connectivity index (χ0) is 15.3. The molecule has 6 nitrogen and oxygen atoms in total. The van der Waals surface area contributed by atoms with Gasteiger partial charge in [0.15, 0.2) is 5.60 Å². The molecule has 0 aromatic carbocycles. The molecule has 2 aliphatic rings. The van der Waals surface area contributed by atoms with Crippen molar-refractivity contribution in [3.8, 4) is 0 Å². The molecule has 2 heterocycles. The lowest BCUT2D eigenvalue weighted by Crippen LogP contribution is -2.50. The van der Waals surface area contributed by atoms with E-state index in [0.717, 1.165) is 0 Å². The summed E-state index contributed by atoms with van der Waals surface area (Å²) in [6, 6.07) is 0. The number of rotatable bonds is 4. The van der Waals surface area contributed by atoms with Gasteiger partial charge in [0.05, 0.1) is 12.0 Å². The van der Waals surface area contributed by atoms with Crippen LogP contribution >= 0.6 is 0 Å². The minimum absolute atomic E-state index is 0.134. The minimum Gasteiger partial charge on any atom is -0.391 e. The highest BCUT2D eigenvalue weighted by molar-refractivity contribution is 5.93. The van der Waals surface area contributed by atoms with Gasteiger partial charge in [-0.1, -0.05) is 0 Å². The lowest BCUT2D eigenvalue weighted by molar-refractivity contribution is -0.192. The van der Waals surface area contributed by atoms with E-state index in [9.17, 15) is 9.59 Å². The quantitative estimate of drug-likeness (QED) is 0.565. The molecule has 0 amide bonds. The molecule has 0 aliphatic carbocycles. The highest BCUT2D eigenvalue weighted by Gasteiger charge is 2.46. The third-order valence-corrected chi connectivity index (χ3v) is 4.01. The molecule has 116 valence electrons. The molecule has 0 unspecified atom stereocenters. The maximum absolute atomic E-state index is 12.3. The van der Waals surface area contributed by atoms with Crippen LogP contribution < -0.4 is 0 Å². The Labute approximate surface area is 125 Å². The number of hydrogen-bond acceptors (Lipinski definition) is 6. The SMILES string of the molecule is [CH]COC1(C(=O)OC(=O)C2([CH])CCOCC2)CCOCC1. The Morgan fingerprint density at radius 3 is 2.00 bits per heavy atom. The van der Waals surface area contributed by atoms with Gasteiger partial charge in [-0.15, -0.1) is 0 Å². The smallest absolute Gasteiger partial charge is 0.346 e. The highest BCUT2D eigenvalue weighted by atomic mass is 16.6. The van der Waals surface area contributed by atoms with Crippen LogP contribution in [-0.2, 0) is 28.5 Å². The fraction of sp³-hybridized carbons (Fsp3) is 0.733.